The van der Waals surface area contributed by atoms with Crippen molar-refractivity contribution in [3.8, 4) is 0 Å². The number of benzene rings is 2. The molecule has 2 aromatic carbocycles. The summed E-state index contributed by atoms with van der Waals surface area (Å²) in [6.45, 7) is 6.38. The van der Waals surface area contributed by atoms with Crippen LogP contribution in [0.2, 0.25) is 0 Å². The second-order valence-corrected chi connectivity index (χ2v) is 10.2. The summed E-state index contributed by atoms with van der Waals surface area (Å²) in [7, 11) is -3.83. The van der Waals surface area contributed by atoms with Crippen molar-refractivity contribution in [2.75, 3.05) is 31.1 Å². The lowest BCUT2D eigenvalue weighted by molar-refractivity contribution is -0.117. The van der Waals surface area contributed by atoms with Crippen LogP contribution in [-0.4, -0.2) is 60.4 Å². The molecule has 33 heavy (non-hydrogen) atoms. The van der Waals surface area contributed by atoms with Crippen LogP contribution in [0.15, 0.2) is 53.7 Å². The van der Waals surface area contributed by atoms with Crippen molar-refractivity contribution in [3.05, 3.63) is 59.9 Å². The number of carbonyl (C=O) groups is 1. The molecule has 3 aromatic rings. The lowest BCUT2D eigenvalue weighted by Gasteiger charge is -2.37. The summed E-state index contributed by atoms with van der Waals surface area (Å²) >= 11 is 5.67. The number of fused-ring (bicyclic) bond motifs is 1. The fraction of sp³-hybridized carbons (Fsp3) is 0.304. The van der Waals surface area contributed by atoms with Crippen molar-refractivity contribution in [1.82, 2.24) is 19.6 Å². The zero-order valence-corrected chi connectivity index (χ0v) is 20.1. The molecule has 0 aliphatic carbocycles. The van der Waals surface area contributed by atoms with Crippen LogP contribution in [0.25, 0.3) is 10.9 Å². The number of amides is 1. The molecule has 0 unspecified atom stereocenters. The summed E-state index contributed by atoms with van der Waals surface area (Å²) < 4.78 is 26.1. The number of rotatable bonds is 5. The van der Waals surface area contributed by atoms with E-state index >= 15 is 0 Å². The first-order valence-corrected chi connectivity index (χ1v) is 12.5. The average Bonchev–Trinajstić information content (AvgIpc) is 2.78. The minimum atomic E-state index is -3.83. The summed E-state index contributed by atoms with van der Waals surface area (Å²) in [6.07, 6.45) is 2.16. The SMILES string of the molecule is CC(=O)NS(=O)(=O)c1ccc(CC(=S)N2CCN(c3ncnc4cc(C)ccc34)CC2)cc1. The van der Waals surface area contributed by atoms with Crippen LogP contribution in [0.1, 0.15) is 18.1 Å². The van der Waals surface area contributed by atoms with E-state index in [9.17, 15) is 13.2 Å². The Morgan fingerprint density at radius 1 is 1.06 bits per heavy atom. The molecule has 0 saturated carbocycles. The molecule has 1 aliphatic rings. The molecule has 2 heterocycles. The second-order valence-electron chi connectivity index (χ2n) is 8.07. The number of hydrogen-bond donors (Lipinski definition) is 1. The molecule has 1 fully saturated rings. The van der Waals surface area contributed by atoms with E-state index in [4.69, 9.17) is 12.2 Å². The quantitative estimate of drug-likeness (QED) is 0.553. The summed E-state index contributed by atoms with van der Waals surface area (Å²) in [5, 5.41) is 1.05. The van der Waals surface area contributed by atoms with Crippen LogP contribution < -0.4 is 9.62 Å². The molecule has 0 spiro atoms. The number of nitrogens with one attached hydrogen (secondary N) is 1. The third kappa shape index (κ3) is 5.28. The fourth-order valence-electron chi connectivity index (χ4n) is 3.89. The van der Waals surface area contributed by atoms with Gasteiger partial charge in [0.1, 0.15) is 12.1 Å². The van der Waals surface area contributed by atoms with E-state index in [1.165, 1.54) is 17.7 Å². The van der Waals surface area contributed by atoms with E-state index < -0.39 is 15.9 Å². The van der Waals surface area contributed by atoms with Gasteiger partial charge in [-0.2, -0.15) is 0 Å². The first-order chi connectivity index (χ1) is 15.7. The molecule has 1 amide bonds. The fourth-order valence-corrected chi connectivity index (χ4v) is 5.23. The van der Waals surface area contributed by atoms with Crippen molar-refractivity contribution in [2.45, 2.75) is 25.2 Å². The Morgan fingerprint density at radius 2 is 1.76 bits per heavy atom. The van der Waals surface area contributed by atoms with Gasteiger partial charge in [-0.05, 0) is 42.3 Å². The molecule has 8 nitrogen and oxygen atoms in total. The highest BCUT2D eigenvalue weighted by atomic mass is 32.2. The van der Waals surface area contributed by atoms with E-state index in [-0.39, 0.29) is 4.90 Å². The Labute approximate surface area is 198 Å². The third-order valence-corrected chi connectivity index (χ3v) is 7.42. The maximum absolute atomic E-state index is 12.1. The Hall–Kier alpha value is -3.11. The van der Waals surface area contributed by atoms with E-state index in [1.807, 2.05) is 4.72 Å². The van der Waals surface area contributed by atoms with Gasteiger partial charge >= 0.3 is 0 Å². The maximum atomic E-state index is 12.1. The van der Waals surface area contributed by atoms with Gasteiger partial charge in [0.25, 0.3) is 10.0 Å². The van der Waals surface area contributed by atoms with Gasteiger partial charge in [-0.25, -0.2) is 23.1 Å². The number of hydrogen-bond acceptors (Lipinski definition) is 7. The van der Waals surface area contributed by atoms with Crippen LogP contribution in [0, 0.1) is 6.92 Å². The standard InChI is InChI=1S/C23H25N5O3S2/c1-16-3-8-20-21(13-16)24-15-25-23(20)28-11-9-27(10-12-28)22(32)14-18-4-6-19(7-5-18)33(30,31)26-17(2)29/h3-8,13,15H,9-12,14H2,1-2H3,(H,26,29). The smallest absolute Gasteiger partial charge is 0.264 e. The minimum absolute atomic E-state index is 0.0493. The normalized spacial score (nSPS) is 14.4. The third-order valence-electron chi connectivity index (χ3n) is 5.57. The van der Waals surface area contributed by atoms with Gasteiger partial charge in [0, 0.05) is 44.9 Å². The maximum Gasteiger partial charge on any atom is 0.264 e. The van der Waals surface area contributed by atoms with Gasteiger partial charge in [-0.3, -0.25) is 4.79 Å². The Kier molecular flexibility index (Phi) is 6.57. The van der Waals surface area contributed by atoms with E-state index in [0.29, 0.717) is 6.42 Å². The highest BCUT2D eigenvalue weighted by Gasteiger charge is 2.22. The highest BCUT2D eigenvalue weighted by Crippen LogP contribution is 2.25. The van der Waals surface area contributed by atoms with E-state index in [2.05, 4.69) is 44.9 Å². The monoisotopic (exact) mass is 483 g/mol. The van der Waals surface area contributed by atoms with Crippen LogP contribution in [-0.2, 0) is 21.2 Å². The molecule has 172 valence electrons. The predicted octanol–water partition coefficient (Wildman–Crippen LogP) is 2.46. The van der Waals surface area contributed by atoms with Crippen molar-refractivity contribution in [1.29, 1.82) is 0 Å². The molecule has 1 aromatic heterocycles. The van der Waals surface area contributed by atoms with Crippen LogP contribution >= 0.6 is 12.2 Å². The van der Waals surface area contributed by atoms with Crippen molar-refractivity contribution >= 4 is 49.9 Å². The molecule has 1 saturated heterocycles. The Morgan fingerprint density at radius 3 is 2.42 bits per heavy atom. The summed E-state index contributed by atoms with van der Waals surface area (Å²) in [6, 6.07) is 12.7. The number of nitrogens with zero attached hydrogens (tertiary/aromatic N) is 4. The topological polar surface area (TPSA) is 95.5 Å². The molecular formula is C23H25N5O3S2. The zero-order valence-electron chi connectivity index (χ0n) is 18.5. The largest absolute Gasteiger partial charge is 0.362 e. The number of aryl methyl sites for hydroxylation is 1. The van der Waals surface area contributed by atoms with Gasteiger partial charge in [-0.15, -0.1) is 0 Å². The van der Waals surface area contributed by atoms with Crippen LogP contribution in [0.4, 0.5) is 5.82 Å². The molecule has 0 radical (unpaired) electrons. The van der Waals surface area contributed by atoms with Gasteiger partial charge in [0.2, 0.25) is 5.91 Å². The van der Waals surface area contributed by atoms with Crippen LogP contribution in [0.5, 0.6) is 0 Å². The highest BCUT2D eigenvalue weighted by molar-refractivity contribution is 7.90. The van der Waals surface area contributed by atoms with Crippen molar-refractivity contribution in [3.63, 3.8) is 0 Å². The molecular weight excluding hydrogens is 458 g/mol. The summed E-state index contributed by atoms with van der Waals surface area (Å²) in [4.78, 5) is 25.3. The summed E-state index contributed by atoms with van der Waals surface area (Å²) in [5.74, 6) is 0.325. The lowest BCUT2D eigenvalue weighted by Crippen LogP contribution is -2.49. The van der Waals surface area contributed by atoms with Crippen molar-refractivity contribution < 1.29 is 13.2 Å². The van der Waals surface area contributed by atoms with E-state index in [0.717, 1.165) is 60.4 Å². The number of aromatic nitrogens is 2. The number of sulfonamides is 1. The number of piperazine rings is 1. The molecule has 4 rings (SSSR count). The van der Waals surface area contributed by atoms with Crippen LogP contribution in [0.3, 0.4) is 0 Å². The first kappa shape index (κ1) is 23.1. The average molecular weight is 484 g/mol. The van der Waals surface area contributed by atoms with E-state index in [1.54, 1.807) is 18.5 Å². The molecule has 0 bridgehead atoms. The van der Waals surface area contributed by atoms with Gasteiger partial charge in [0.05, 0.1) is 15.4 Å². The van der Waals surface area contributed by atoms with Gasteiger partial charge < -0.3 is 9.80 Å². The number of thiocarbonyl (C=S) groups is 1. The molecule has 0 atom stereocenters. The minimum Gasteiger partial charge on any atom is -0.362 e. The first-order valence-electron chi connectivity index (χ1n) is 10.6. The number of anilines is 1. The lowest BCUT2D eigenvalue weighted by atomic mass is 10.1. The number of carbonyl (C=O) groups excluding carboxylic acids is 1. The van der Waals surface area contributed by atoms with Gasteiger partial charge in [0.15, 0.2) is 0 Å². The molecule has 1 N–H and O–H groups in total. The second kappa shape index (κ2) is 9.40. The Balaban J connectivity index is 1.38. The molecule has 1 aliphatic heterocycles. The van der Waals surface area contributed by atoms with Gasteiger partial charge in [-0.1, -0.05) is 30.4 Å². The zero-order chi connectivity index (χ0) is 23.6. The molecule has 10 heteroatoms. The summed E-state index contributed by atoms with van der Waals surface area (Å²) in [5.41, 5.74) is 3.03. The van der Waals surface area contributed by atoms with Crippen molar-refractivity contribution in [2.24, 2.45) is 0 Å². The predicted molar refractivity (Wildman–Crippen MR) is 132 cm³/mol. The Bertz CT molecular complexity index is 1300.